The van der Waals surface area contributed by atoms with Gasteiger partial charge >= 0.3 is 0 Å². The Morgan fingerprint density at radius 1 is 1.11 bits per heavy atom. The summed E-state index contributed by atoms with van der Waals surface area (Å²) in [6, 6.07) is 4.64. The number of aryl methyl sites for hydroxylation is 3. The molecule has 1 aromatic carbocycles. The average Bonchev–Trinajstić information content (AvgIpc) is 3.03. The normalized spacial score (nSPS) is 16.7. The number of anilines is 1. The highest BCUT2D eigenvalue weighted by Crippen LogP contribution is 2.46. The van der Waals surface area contributed by atoms with Crippen molar-refractivity contribution in [3.05, 3.63) is 28.8 Å². The molecule has 1 fully saturated rings. The molecule has 0 aromatic heterocycles. The first kappa shape index (κ1) is 13.4. The molecular weight excluding hydrogens is 220 g/mol. The molecule has 0 saturated heterocycles. The predicted octanol–water partition coefficient (Wildman–Crippen LogP) is 3.05. The van der Waals surface area contributed by atoms with Crippen LogP contribution in [0.2, 0.25) is 0 Å². The van der Waals surface area contributed by atoms with Crippen LogP contribution in [0.5, 0.6) is 0 Å². The molecule has 1 aliphatic rings. The Balaban J connectivity index is 2.14. The summed E-state index contributed by atoms with van der Waals surface area (Å²) < 4.78 is 0. The molecule has 0 amide bonds. The van der Waals surface area contributed by atoms with Gasteiger partial charge < -0.3 is 10.2 Å². The van der Waals surface area contributed by atoms with E-state index in [0.29, 0.717) is 5.41 Å². The summed E-state index contributed by atoms with van der Waals surface area (Å²) >= 11 is 0. The summed E-state index contributed by atoms with van der Waals surface area (Å²) in [7, 11) is 4.29. The summed E-state index contributed by atoms with van der Waals surface area (Å²) in [6.45, 7) is 8.91. The van der Waals surface area contributed by atoms with Crippen molar-refractivity contribution in [3.63, 3.8) is 0 Å². The summed E-state index contributed by atoms with van der Waals surface area (Å²) in [5.74, 6) is 0. The van der Waals surface area contributed by atoms with E-state index >= 15 is 0 Å². The van der Waals surface area contributed by atoms with E-state index in [-0.39, 0.29) is 0 Å². The third-order valence-electron chi connectivity index (χ3n) is 4.30. The maximum atomic E-state index is 3.34. The highest BCUT2D eigenvalue weighted by molar-refractivity contribution is 5.56. The molecule has 0 heterocycles. The number of hydrogen-bond donors (Lipinski definition) is 1. The molecule has 2 heteroatoms. The summed E-state index contributed by atoms with van der Waals surface area (Å²) in [5.41, 5.74) is 6.08. The number of benzene rings is 1. The van der Waals surface area contributed by atoms with Crippen LogP contribution in [0.4, 0.5) is 5.69 Å². The fraction of sp³-hybridized carbons (Fsp3) is 0.625. The molecule has 1 N–H and O–H groups in total. The highest BCUT2D eigenvalue weighted by atomic mass is 15.1. The van der Waals surface area contributed by atoms with Crippen molar-refractivity contribution in [2.75, 3.05) is 32.1 Å². The van der Waals surface area contributed by atoms with E-state index in [9.17, 15) is 0 Å². The second kappa shape index (κ2) is 4.93. The van der Waals surface area contributed by atoms with Crippen LogP contribution in [0, 0.1) is 26.2 Å². The Labute approximate surface area is 111 Å². The van der Waals surface area contributed by atoms with Crippen molar-refractivity contribution >= 4 is 5.69 Å². The lowest BCUT2D eigenvalue weighted by atomic mass is 10.0. The van der Waals surface area contributed by atoms with Gasteiger partial charge in [0.05, 0.1) is 0 Å². The third-order valence-corrected chi connectivity index (χ3v) is 4.30. The van der Waals surface area contributed by atoms with Crippen LogP contribution in [0.1, 0.15) is 29.5 Å². The van der Waals surface area contributed by atoms with Crippen LogP contribution < -0.4 is 10.2 Å². The molecule has 2 nitrogen and oxygen atoms in total. The molecule has 1 aliphatic carbocycles. The maximum Gasteiger partial charge on any atom is 0.0396 e. The van der Waals surface area contributed by atoms with Gasteiger partial charge in [0.15, 0.2) is 0 Å². The van der Waals surface area contributed by atoms with Crippen LogP contribution in [0.15, 0.2) is 12.1 Å². The van der Waals surface area contributed by atoms with Gasteiger partial charge in [-0.15, -0.1) is 0 Å². The Kier molecular flexibility index (Phi) is 3.67. The average molecular weight is 246 g/mol. The van der Waals surface area contributed by atoms with Crippen LogP contribution in [-0.4, -0.2) is 27.2 Å². The molecule has 100 valence electrons. The van der Waals surface area contributed by atoms with Gasteiger partial charge in [0.25, 0.3) is 0 Å². The lowest BCUT2D eigenvalue weighted by Crippen LogP contribution is -2.33. The largest absolute Gasteiger partial charge is 0.374 e. The van der Waals surface area contributed by atoms with Gasteiger partial charge in [-0.2, -0.15) is 0 Å². The molecule has 18 heavy (non-hydrogen) atoms. The van der Waals surface area contributed by atoms with Crippen molar-refractivity contribution in [2.45, 2.75) is 33.6 Å². The molecule has 2 rings (SSSR count). The van der Waals surface area contributed by atoms with Gasteiger partial charge in [0.2, 0.25) is 0 Å². The zero-order chi connectivity index (χ0) is 13.3. The molecule has 0 aliphatic heterocycles. The van der Waals surface area contributed by atoms with Crippen molar-refractivity contribution in [1.29, 1.82) is 0 Å². The number of rotatable bonds is 5. The van der Waals surface area contributed by atoms with Gasteiger partial charge in [-0.25, -0.2) is 0 Å². The van der Waals surface area contributed by atoms with Crippen molar-refractivity contribution in [3.8, 4) is 0 Å². The van der Waals surface area contributed by atoms with Crippen LogP contribution in [-0.2, 0) is 0 Å². The standard InChI is InChI=1S/C16H26N2/c1-12-8-14(3)15(9-13(12)2)18(5)11-16(6-7-16)10-17-4/h8-9,17H,6-7,10-11H2,1-5H3. The first-order valence-corrected chi connectivity index (χ1v) is 6.91. The lowest BCUT2D eigenvalue weighted by Gasteiger charge is -2.27. The van der Waals surface area contributed by atoms with Crippen LogP contribution in [0.3, 0.4) is 0 Å². The van der Waals surface area contributed by atoms with E-state index in [1.54, 1.807) is 0 Å². The Morgan fingerprint density at radius 2 is 1.72 bits per heavy atom. The van der Waals surface area contributed by atoms with Gasteiger partial charge in [-0.05, 0) is 63.4 Å². The first-order valence-electron chi connectivity index (χ1n) is 6.91. The molecule has 0 spiro atoms. The number of nitrogens with zero attached hydrogens (tertiary/aromatic N) is 1. The fourth-order valence-electron chi connectivity index (χ4n) is 2.89. The zero-order valence-corrected chi connectivity index (χ0v) is 12.4. The number of hydrogen-bond acceptors (Lipinski definition) is 2. The summed E-state index contributed by atoms with van der Waals surface area (Å²) in [4.78, 5) is 2.44. The van der Waals surface area contributed by atoms with E-state index in [2.05, 4.69) is 57.2 Å². The minimum Gasteiger partial charge on any atom is -0.374 e. The third kappa shape index (κ3) is 2.69. The fourth-order valence-corrected chi connectivity index (χ4v) is 2.89. The Bertz CT molecular complexity index is 433. The van der Waals surface area contributed by atoms with Gasteiger partial charge in [0, 0.05) is 31.2 Å². The minimum atomic E-state index is 0.523. The van der Waals surface area contributed by atoms with E-state index in [1.165, 1.54) is 35.2 Å². The van der Waals surface area contributed by atoms with E-state index in [0.717, 1.165) is 13.1 Å². The van der Waals surface area contributed by atoms with Gasteiger partial charge in [-0.3, -0.25) is 0 Å². The monoisotopic (exact) mass is 246 g/mol. The molecule has 1 aromatic rings. The second-order valence-corrected chi connectivity index (χ2v) is 6.11. The summed E-state index contributed by atoms with van der Waals surface area (Å²) in [6.07, 6.45) is 2.73. The van der Waals surface area contributed by atoms with Gasteiger partial charge in [-0.1, -0.05) is 6.07 Å². The minimum absolute atomic E-state index is 0.523. The van der Waals surface area contributed by atoms with Gasteiger partial charge in [0.1, 0.15) is 0 Å². The van der Waals surface area contributed by atoms with Crippen LogP contribution >= 0.6 is 0 Å². The lowest BCUT2D eigenvalue weighted by molar-refractivity contribution is 0.482. The van der Waals surface area contributed by atoms with E-state index < -0.39 is 0 Å². The van der Waals surface area contributed by atoms with E-state index in [1.807, 2.05) is 0 Å². The van der Waals surface area contributed by atoms with E-state index in [4.69, 9.17) is 0 Å². The Morgan fingerprint density at radius 3 is 2.28 bits per heavy atom. The molecule has 1 saturated carbocycles. The first-order chi connectivity index (χ1) is 8.47. The van der Waals surface area contributed by atoms with Crippen molar-refractivity contribution in [1.82, 2.24) is 5.32 Å². The molecule has 0 radical (unpaired) electrons. The quantitative estimate of drug-likeness (QED) is 0.859. The highest BCUT2D eigenvalue weighted by Gasteiger charge is 2.42. The predicted molar refractivity (Wildman–Crippen MR) is 79.5 cm³/mol. The molecule has 0 bridgehead atoms. The Hall–Kier alpha value is -1.02. The maximum absolute atomic E-state index is 3.34. The zero-order valence-electron chi connectivity index (χ0n) is 12.4. The topological polar surface area (TPSA) is 15.3 Å². The second-order valence-electron chi connectivity index (χ2n) is 6.11. The number of nitrogens with one attached hydrogen (secondary N) is 1. The van der Waals surface area contributed by atoms with Crippen molar-refractivity contribution in [2.24, 2.45) is 5.41 Å². The SMILES string of the molecule is CNCC1(CN(C)c2cc(C)c(C)cc2C)CC1. The smallest absolute Gasteiger partial charge is 0.0396 e. The molecular formula is C16H26N2. The van der Waals surface area contributed by atoms with Crippen molar-refractivity contribution < 1.29 is 0 Å². The molecule has 0 unspecified atom stereocenters. The summed E-state index contributed by atoms with van der Waals surface area (Å²) in [5, 5.41) is 3.34. The van der Waals surface area contributed by atoms with Crippen LogP contribution in [0.25, 0.3) is 0 Å². The molecule has 0 atom stereocenters.